The molecule has 3 aromatic heterocycles. The lowest BCUT2D eigenvalue weighted by molar-refractivity contribution is -0.136. The molecule has 2 saturated carbocycles. The number of benzene rings is 1. The van der Waals surface area contributed by atoms with Crippen LogP contribution in [0.5, 0.6) is 0 Å². The minimum Gasteiger partial charge on any atom is -0.384 e. The van der Waals surface area contributed by atoms with Crippen LogP contribution in [0.1, 0.15) is 120 Å². The molecule has 1 unspecified atom stereocenters. The number of hydrogen-bond acceptors (Lipinski definition) is 12. The third-order valence-corrected chi connectivity index (χ3v) is 15.1. The van der Waals surface area contributed by atoms with Crippen LogP contribution in [0.3, 0.4) is 0 Å². The molecule has 1 spiro atoms. The SMILES string of the molecule is O=C1CCC(N2C(=O)c3cccc(NCC4CC5(CCN(C[C@H]6CC[C@H](n7cc(NC(=O)c8cnn9ccc(N%10C[C@H]%11C[C@@H]%10CO%11)nc89)c(C(F)F)n7)CC6)CC5)C4)c3C2=O)C(=O)N1. The van der Waals surface area contributed by atoms with Gasteiger partial charge in [0.15, 0.2) is 11.3 Å². The number of fused-ring (bicyclic) bond motifs is 4. The molecule has 336 valence electrons. The number of likely N-dealkylation sites (tertiary alicyclic amines) is 1. The number of imide groups is 2. The minimum absolute atomic E-state index is 0.00331. The number of piperidine rings is 2. The molecule has 5 aliphatic heterocycles. The van der Waals surface area contributed by atoms with Crippen molar-refractivity contribution in [2.24, 2.45) is 17.3 Å². The van der Waals surface area contributed by atoms with Crippen molar-refractivity contribution in [1.29, 1.82) is 0 Å². The maximum atomic E-state index is 14.3. The minimum atomic E-state index is -2.86. The summed E-state index contributed by atoms with van der Waals surface area (Å²) >= 11 is 0. The first-order chi connectivity index (χ1) is 31.0. The van der Waals surface area contributed by atoms with E-state index in [0.717, 1.165) is 94.7 Å². The number of hydrogen-bond donors (Lipinski definition) is 3. The van der Waals surface area contributed by atoms with Crippen LogP contribution in [0.2, 0.25) is 0 Å². The van der Waals surface area contributed by atoms with Gasteiger partial charge in [-0.25, -0.2) is 18.3 Å². The van der Waals surface area contributed by atoms with E-state index < -0.39 is 47.7 Å². The number of morpholine rings is 1. The number of alkyl halides is 2. The highest BCUT2D eigenvalue weighted by atomic mass is 19.3. The molecule has 3 atom stereocenters. The summed E-state index contributed by atoms with van der Waals surface area (Å²) in [5, 5.41) is 17.0. The van der Waals surface area contributed by atoms with Gasteiger partial charge in [-0.05, 0) is 113 Å². The molecule has 5 amide bonds. The Kier molecular flexibility index (Phi) is 10.2. The molecule has 2 bridgehead atoms. The number of ether oxygens (including phenoxy) is 1. The Morgan fingerprint density at radius 3 is 2.52 bits per heavy atom. The first kappa shape index (κ1) is 40.9. The van der Waals surface area contributed by atoms with E-state index in [9.17, 15) is 32.8 Å². The molecule has 4 aromatic rings. The van der Waals surface area contributed by atoms with E-state index in [1.165, 1.54) is 10.7 Å². The molecule has 3 N–H and O–H groups in total. The van der Waals surface area contributed by atoms with Crippen molar-refractivity contribution < 1.29 is 37.5 Å². The van der Waals surface area contributed by atoms with Crippen LogP contribution in [-0.4, -0.2) is 121 Å². The van der Waals surface area contributed by atoms with Crippen molar-refractivity contribution in [3.63, 3.8) is 0 Å². The third kappa shape index (κ3) is 7.29. The van der Waals surface area contributed by atoms with Gasteiger partial charge in [-0.1, -0.05) is 6.07 Å². The fourth-order valence-corrected chi connectivity index (χ4v) is 11.7. The largest absolute Gasteiger partial charge is 0.384 e. The third-order valence-electron chi connectivity index (χ3n) is 15.1. The van der Waals surface area contributed by atoms with Gasteiger partial charge in [0.25, 0.3) is 24.1 Å². The number of rotatable bonds is 11. The standard InChI is InChI=1S/C45H51F2N11O6/c46-39(47)38-33(50-41(60)31-20-49-56-13-10-35(51-40(31)56)55-22-29-16-28(55)24-64-29)23-57(53-38)27-6-4-25(5-7-27)21-54-14-11-45(12-15-54)17-26(18-45)19-48-32-3-1-2-30-37(32)44(63)58(43(30)62)34-8-9-36(59)52-42(34)61/h1-3,10,13,20,23,25-29,34,39,48H,4-9,11-12,14-19,21-22,24H2,(H,50,60)(H,52,59,61)/t25-,27-,28-,29-,34?/m1/s1. The average Bonchev–Trinajstić information content (AvgIpc) is 4.13. The molecule has 6 fully saturated rings. The van der Waals surface area contributed by atoms with Crippen LogP contribution in [-0.2, 0) is 14.3 Å². The van der Waals surface area contributed by atoms with Crippen LogP contribution in [0.4, 0.5) is 26.0 Å². The number of carbonyl (C=O) groups excluding carboxylic acids is 5. The Morgan fingerprint density at radius 1 is 0.969 bits per heavy atom. The van der Waals surface area contributed by atoms with Gasteiger partial charge in [-0.2, -0.15) is 10.2 Å². The lowest BCUT2D eigenvalue weighted by Gasteiger charge is -2.53. The molecule has 17 nitrogen and oxygen atoms in total. The highest BCUT2D eigenvalue weighted by Gasteiger charge is 2.48. The Balaban J connectivity index is 0.645. The first-order valence-corrected chi connectivity index (χ1v) is 22.7. The summed E-state index contributed by atoms with van der Waals surface area (Å²) in [7, 11) is 0. The van der Waals surface area contributed by atoms with Gasteiger partial charge in [0, 0.05) is 44.1 Å². The molecule has 19 heteroatoms. The normalized spacial score (nSPS) is 26.9. The summed E-state index contributed by atoms with van der Waals surface area (Å²) in [6.45, 7) is 5.15. The summed E-state index contributed by atoms with van der Waals surface area (Å²) in [5.74, 6) is -0.918. The topological polar surface area (TPSA) is 188 Å². The van der Waals surface area contributed by atoms with Crippen molar-refractivity contribution in [2.45, 2.75) is 101 Å². The fraction of sp³-hybridized carbons (Fsp3) is 0.556. The molecule has 7 aliphatic rings. The van der Waals surface area contributed by atoms with E-state index in [1.54, 1.807) is 35.3 Å². The van der Waals surface area contributed by atoms with Crippen molar-refractivity contribution in [2.75, 3.05) is 54.9 Å². The van der Waals surface area contributed by atoms with E-state index in [4.69, 9.17) is 9.72 Å². The monoisotopic (exact) mass is 879 g/mol. The number of nitrogens with zero attached hydrogens (tertiary/aromatic N) is 8. The zero-order chi connectivity index (χ0) is 43.9. The maximum Gasteiger partial charge on any atom is 0.284 e. The van der Waals surface area contributed by atoms with Crippen LogP contribution >= 0.6 is 0 Å². The van der Waals surface area contributed by atoms with Crippen LogP contribution < -0.4 is 20.9 Å². The molecule has 2 aliphatic carbocycles. The second-order valence-electron chi connectivity index (χ2n) is 19.1. The second kappa shape index (κ2) is 16.0. The van der Waals surface area contributed by atoms with E-state index in [0.29, 0.717) is 41.7 Å². The van der Waals surface area contributed by atoms with Crippen molar-refractivity contribution in [1.82, 2.24) is 39.5 Å². The zero-order valence-corrected chi connectivity index (χ0v) is 35.4. The average molecular weight is 880 g/mol. The number of aromatic nitrogens is 5. The summed E-state index contributed by atoms with van der Waals surface area (Å²) < 4.78 is 37.5. The van der Waals surface area contributed by atoms with Gasteiger partial charge < -0.3 is 25.2 Å². The van der Waals surface area contributed by atoms with Gasteiger partial charge in [-0.3, -0.25) is 38.9 Å². The number of amides is 5. The number of halogens is 2. The van der Waals surface area contributed by atoms with E-state index in [-0.39, 0.29) is 53.4 Å². The molecule has 4 saturated heterocycles. The Bertz CT molecular complexity index is 2540. The number of nitrogens with one attached hydrogen (secondary N) is 3. The van der Waals surface area contributed by atoms with Gasteiger partial charge in [0.05, 0.1) is 47.8 Å². The molecule has 1 aromatic carbocycles. The van der Waals surface area contributed by atoms with Crippen LogP contribution in [0.15, 0.2) is 42.9 Å². The van der Waals surface area contributed by atoms with Gasteiger partial charge in [0.1, 0.15) is 17.4 Å². The zero-order valence-electron chi connectivity index (χ0n) is 35.4. The number of carbonyl (C=O) groups is 5. The summed E-state index contributed by atoms with van der Waals surface area (Å²) in [6.07, 6.45) is 11.2. The predicted molar refractivity (Wildman–Crippen MR) is 227 cm³/mol. The van der Waals surface area contributed by atoms with Crippen molar-refractivity contribution >= 4 is 52.4 Å². The summed E-state index contributed by atoms with van der Waals surface area (Å²) in [4.78, 5) is 75.0. The highest BCUT2D eigenvalue weighted by Crippen LogP contribution is 2.53. The van der Waals surface area contributed by atoms with Gasteiger partial charge >= 0.3 is 0 Å². The molecule has 64 heavy (non-hydrogen) atoms. The van der Waals surface area contributed by atoms with Crippen molar-refractivity contribution in [3.05, 3.63) is 65.2 Å². The molecule has 8 heterocycles. The lowest BCUT2D eigenvalue weighted by Crippen LogP contribution is -2.54. The molecule has 0 radical (unpaired) electrons. The van der Waals surface area contributed by atoms with Crippen molar-refractivity contribution in [3.8, 4) is 0 Å². The van der Waals surface area contributed by atoms with E-state index in [2.05, 4.69) is 35.9 Å². The molecule has 11 rings (SSSR count). The lowest BCUT2D eigenvalue weighted by atomic mass is 9.57. The quantitative estimate of drug-likeness (QED) is 0.175. The highest BCUT2D eigenvalue weighted by molar-refractivity contribution is 6.25. The van der Waals surface area contributed by atoms with Crippen LogP contribution in [0, 0.1) is 17.3 Å². The smallest absolute Gasteiger partial charge is 0.284 e. The van der Waals surface area contributed by atoms with Gasteiger partial charge in [-0.15, -0.1) is 0 Å². The van der Waals surface area contributed by atoms with E-state index >= 15 is 0 Å². The maximum absolute atomic E-state index is 14.3. The summed E-state index contributed by atoms with van der Waals surface area (Å²) in [5.41, 5.74) is 1.57. The second-order valence-corrected chi connectivity index (χ2v) is 19.1. The Morgan fingerprint density at radius 2 is 1.78 bits per heavy atom. The fourth-order valence-electron chi connectivity index (χ4n) is 11.7. The first-order valence-electron chi connectivity index (χ1n) is 22.7. The van der Waals surface area contributed by atoms with E-state index in [1.807, 2.05) is 6.07 Å². The van der Waals surface area contributed by atoms with Gasteiger partial charge in [0.2, 0.25) is 11.8 Å². The molecular weight excluding hydrogens is 829 g/mol. The molecular formula is C45H51F2N11O6. The Labute approximate surface area is 367 Å². The van der Waals surface area contributed by atoms with Crippen LogP contribution in [0.25, 0.3) is 5.65 Å². The predicted octanol–water partition coefficient (Wildman–Crippen LogP) is 4.83. The summed E-state index contributed by atoms with van der Waals surface area (Å²) in [6, 6.07) is 6.23. The number of anilines is 3. The Hall–Kier alpha value is -5.82.